The van der Waals surface area contributed by atoms with Crippen LogP contribution in [0.3, 0.4) is 0 Å². The molecule has 2 heterocycles. The fraction of sp³-hybridized carbons (Fsp3) is 0.318. The summed E-state index contributed by atoms with van der Waals surface area (Å²) >= 11 is 0.941. The Labute approximate surface area is 194 Å². The third-order valence-electron chi connectivity index (χ3n) is 5.41. The van der Waals surface area contributed by atoms with Crippen molar-refractivity contribution in [3.8, 4) is 0 Å². The summed E-state index contributed by atoms with van der Waals surface area (Å²) in [6.45, 7) is 3.78. The molecule has 0 radical (unpaired) electrons. The van der Waals surface area contributed by atoms with Gasteiger partial charge in [0.2, 0.25) is 5.91 Å². The lowest BCUT2D eigenvalue weighted by Gasteiger charge is -2.26. The highest BCUT2D eigenvalue weighted by Crippen LogP contribution is 2.24. The number of sulfonamides is 1. The third-order valence-corrected chi connectivity index (χ3v) is 7.73. The number of ether oxygens (including phenoxy) is 1. The van der Waals surface area contributed by atoms with Crippen molar-refractivity contribution in [1.29, 1.82) is 0 Å². The minimum atomic E-state index is -3.89. The Kier molecular flexibility index (Phi) is 6.63. The number of carbonyl (C=O) groups is 2. The number of nitrogens with one attached hydrogen (secondary N) is 1. The van der Waals surface area contributed by atoms with Gasteiger partial charge in [-0.3, -0.25) is 23.7 Å². The molecule has 1 N–H and O–H groups in total. The van der Waals surface area contributed by atoms with E-state index in [4.69, 9.17) is 4.74 Å². The first-order valence-corrected chi connectivity index (χ1v) is 12.7. The van der Waals surface area contributed by atoms with Gasteiger partial charge in [0.05, 0.1) is 28.3 Å². The normalized spacial score (nSPS) is 14.4. The summed E-state index contributed by atoms with van der Waals surface area (Å²) in [7, 11) is -3.89. The van der Waals surface area contributed by atoms with Crippen LogP contribution >= 0.6 is 11.3 Å². The number of nitrogens with zero attached hydrogens (tertiary/aromatic N) is 2. The molecule has 1 fully saturated rings. The summed E-state index contributed by atoms with van der Waals surface area (Å²) in [5.74, 6) is -0.148. The molecule has 33 heavy (non-hydrogen) atoms. The van der Waals surface area contributed by atoms with Crippen LogP contribution in [-0.4, -0.2) is 55.9 Å². The first-order chi connectivity index (χ1) is 15.7. The number of hydrogen-bond donors (Lipinski definition) is 1. The van der Waals surface area contributed by atoms with E-state index in [0.717, 1.165) is 11.3 Å². The Balaban J connectivity index is 1.51. The molecule has 174 valence electrons. The number of ketones is 1. The van der Waals surface area contributed by atoms with Gasteiger partial charge in [0.15, 0.2) is 5.78 Å². The SMILES string of the molecule is CC(=O)c1ccc(NS(=O)(=O)c2ccc3c(c2)sc(=O)n3CCC(=O)N2CCOCC2)cc1. The minimum absolute atomic E-state index is 0.0171. The minimum Gasteiger partial charge on any atom is -0.378 e. The van der Waals surface area contributed by atoms with Gasteiger partial charge >= 0.3 is 4.87 Å². The van der Waals surface area contributed by atoms with E-state index in [1.165, 1.54) is 35.8 Å². The van der Waals surface area contributed by atoms with Crippen LogP contribution in [-0.2, 0) is 26.1 Å². The fourth-order valence-electron chi connectivity index (χ4n) is 3.59. The Morgan fingerprint density at radius 3 is 2.45 bits per heavy atom. The number of thiazole rings is 1. The predicted octanol–water partition coefficient (Wildman–Crippen LogP) is 2.32. The van der Waals surface area contributed by atoms with Crippen LogP contribution in [0.5, 0.6) is 0 Å². The topological polar surface area (TPSA) is 115 Å². The maximum atomic E-state index is 12.8. The van der Waals surface area contributed by atoms with E-state index >= 15 is 0 Å². The maximum absolute atomic E-state index is 12.8. The van der Waals surface area contributed by atoms with Crippen LogP contribution in [0.1, 0.15) is 23.7 Å². The second-order valence-electron chi connectivity index (χ2n) is 7.63. The number of benzene rings is 2. The molecule has 1 amide bonds. The van der Waals surface area contributed by atoms with E-state index in [2.05, 4.69) is 4.72 Å². The molecule has 0 saturated carbocycles. The molecule has 9 nitrogen and oxygen atoms in total. The van der Waals surface area contributed by atoms with Crippen molar-refractivity contribution in [2.24, 2.45) is 0 Å². The fourth-order valence-corrected chi connectivity index (χ4v) is 5.71. The molecule has 0 spiro atoms. The smallest absolute Gasteiger partial charge is 0.308 e. The lowest BCUT2D eigenvalue weighted by molar-refractivity contribution is -0.135. The van der Waals surface area contributed by atoms with Crippen LogP contribution in [0.15, 0.2) is 52.2 Å². The summed E-state index contributed by atoms with van der Waals surface area (Å²) in [6, 6.07) is 10.6. The number of morpholine rings is 1. The molecule has 0 atom stereocenters. The van der Waals surface area contributed by atoms with Gasteiger partial charge in [0.25, 0.3) is 10.0 Å². The number of fused-ring (bicyclic) bond motifs is 1. The zero-order valence-electron chi connectivity index (χ0n) is 17.9. The van der Waals surface area contributed by atoms with Crippen molar-refractivity contribution in [2.45, 2.75) is 24.8 Å². The second kappa shape index (κ2) is 9.46. The summed E-state index contributed by atoms with van der Waals surface area (Å²) < 4.78 is 35.4. The number of aromatic nitrogens is 1. The summed E-state index contributed by atoms with van der Waals surface area (Å²) in [4.78, 5) is 37.8. The van der Waals surface area contributed by atoms with Crippen molar-refractivity contribution in [2.75, 3.05) is 31.0 Å². The van der Waals surface area contributed by atoms with Crippen LogP contribution in [0, 0.1) is 0 Å². The number of carbonyl (C=O) groups excluding carboxylic acids is 2. The molecule has 1 aliphatic rings. The average molecular weight is 490 g/mol. The number of aryl methyl sites for hydroxylation is 1. The number of hydrogen-bond acceptors (Lipinski definition) is 7. The van der Waals surface area contributed by atoms with Crippen LogP contribution < -0.4 is 9.60 Å². The quantitative estimate of drug-likeness (QED) is 0.510. The summed E-state index contributed by atoms with van der Waals surface area (Å²) in [5.41, 5.74) is 1.40. The summed E-state index contributed by atoms with van der Waals surface area (Å²) in [5, 5.41) is 0. The van der Waals surface area contributed by atoms with Gasteiger partial charge < -0.3 is 9.64 Å². The lowest BCUT2D eigenvalue weighted by Crippen LogP contribution is -2.41. The second-order valence-corrected chi connectivity index (χ2v) is 10.3. The highest BCUT2D eigenvalue weighted by molar-refractivity contribution is 7.92. The number of rotatable bonds is 7. The molecular weight excluding hydrogens is 466 g/mol. The molecule has 1 aliphatic heterocycles. The summed E-state index contributed by atoms with van der Waals surface area (Å²) in [6.07, 6.45) is 0.184. The van der Waals surface area contributed by atoms with Gasteiger partial charge in [0, 0.05) is 37.3 Å². The Morgan fingerprint density at radius 2 is 1.79 bits per heavy atom. The van der Waals surface area contributed by atoms with Crippen molar-refractivity contribution < 1.29 is 22.7 Å². The van der Waals surface area contributed by atoms with Crippen LogP contribution in [0.4, 0.5) is 5.69 Å². The zero-order valence-corrected chi connectivity index (χ0v) is 19.6. The average Bonchev–Trinajstić information content (AvgIpc) is 3.12. The highest BCUT2D eigenvalue weighted by atomic mass is 32.2. The predicted molar refractivity (Wildman–Crippen MR) is 125 cm³/mol. The molecule has 0 aliphatic carbocycles. The Bertz CT molecular complexity index is 1350. The molecular formula is C22H23N3O6S2. The van der Waals surface area contributed by atoms with Gasteiger partial charge in [-0.2, -0.15) is 0 Å². The molecule has 4 rings (SSSR count). The van der Waals surface area contributed by atoms with Gasteiger partial charge in [-0.15, -0.1) is 0 Å². The van der Waals surface area contributed by atoms with Crippen molar-refractivity contribution in [1.82, 2.24) is 9.47 Å². The van der Waals surface area contributed by atoms with Gasteiger partial charge in [-0.25, -0.2) is 8.42 Å². The van der Waals surface area contributed by atoms with E-state index in [1.807, 2.05) is 0 Å². The highest BCUT2D eigenvalue weighted by Gasteiger charge is 2.20. The first kappa shape index (κ1) is 23.1. The van der Waals surface area contributed by atoms with Gasteiger partial charge in [0.1, 0.15) is 0 Å². The molecule has 11 heteroatoms. The molecule has 3 aromatic rings. The van der Waals surface area contributed by atoms with Crippen molar-refractivity contribution in [3.63, 3.8) is 0 Å². The monoisotopic (exact) mass is 489 g/mol. The van der Waals surface area contributed by atoms with Crippen molar-refractivity contribution >= 4 is 49.0 Å². The lowest BCUT2D eigenvalue weighted by atomic mass is 10.1. The van der Waals surface area contributed by atoms with Crippen LogP contribution in [0.2, 0.25) is 0 Å². The Morgan fingerprint density at radius 1 is 1.09 bits per heavy atom. The molecule has 1 saturated heterocycles. The Hall–Kier alpha value is -3.02. The van der Waals surface area contributed by atoms with E-state index in [9.17, 15) is 22.8 Å². The van der Waals surface area contributed by atoms with E-state index < -0.39 is 10.0 Å². The number of anilines is 1. The number of Topliss-reactive ketones (excluding diaryl/α,β-unsaturated/α-hetero) is 1. The maximum Gasteiger partial charge on any atom is 0.308 e. The van der Waals surface area contributed by atoms with Crippen LogP contribution in [0.25, 0.3) is 10.2 Å². The van der Waals surface area contributed by atoms with Gasteiger partial charge in [-0.1, -0.05) is 11.3 Å². The third kappa shape index (κ3) is 5.15. The molecule has 0 unspecified atom stereocenters. The largest absolute Gasteiger partial charge is 0.378 e. The molecule has 2 aromatic carbocycles. The standard InChI is InChI=1S/C22H23N3O6S2/c1-15(26)16-2-4-17(5-3-16)23-33(29,30)18-6-7-19-20(14-18)32-22(28)25(19)9-8-21(27)24-10-12-31-13-11-24/h2-7,14,23H,8-13H2,1H3. The zero-order chi connectivity index (χ0) is 23.6. The van der Waals surface area contributed by atoms with E-state index in [0.29, 0.717) is 47.8 Å². The first-order valence-electron chi connectivity index (χ1n) is 10.4. The van der Waals surface area contributed by atoms with Gasteiger partial charge in [-0.05, 0) is 49.4 Å². The van der Waals surface area contributed by atoms with Crippen molar-refractivity contribution in [3.05, 3.63) is 57.7 Å². The molecule has 0 bridgehead atoms. The van der Waals surface area contributed by atoms with E-state index in [1.54, 1.807) is 23.1 Å². The molecule has 1 aromatic heterocycles. The number of amides is 1. The van der Waals surface area contributed by atoms with E-state index in [-0.39, 0.29) is 34.4 Å².